The van der Waals surface area contributed by atoms with E-state index in [9.17, 15) is 4.39 Å². The number of fused-ring (bicyclic) bond motifs is 1. The van der Waals surface area contributed by atoms with E-state index in [1.807, 2.05) is 11.5 Å². The molecule has 0 spiro atoms. The zero-order valence-electron chi connectivity index (χ0n) is 10.5. The maximum Gasteiger partial charge on any atom is 0.214 e. The molecule has 0 bridgehead atoms. The number of aryl methyl sites for hydroxylation is 2. The Hall–Kier alpha value is -1.95. The summed E-state index contributed by atoms with van der Waals surface area (Å²) in [4.78, 5) is 7.15. The predicted octanol–water partition coefficient (Wildman–Crippen LogP) is 3.49. The van der Waals surface area contributed by atoms with Crippen LogP contribution >= 0.6 is 12.2 Å². The lowest BCUT2D eigenvalue weighted by Crippen LogP contribution is -2.00. The molecule has 2 aromatic heterocycles. The van der Waals surface area contributed by atoms with E-state index in [0.717, 1.165) is 11.3 Å². The first-order valence-electron chi connectivity index (χ1n) is 5.84. The second kappa shape index (κ2) is 4.31. The van der Waals surface area contributed by atoms with Crippen molar-refractivity contribution in [2.45, 2.75) is 20.4 Å². The highest BCUT2D eigenvalue weighted by molar-refractivity contribution is 7.71. The van der Waals surface area contributed by atoms with Gasteiger partial charge < -0.3 is 14.0 Å². The summed E-state index contributed by atoms with van der Waals surface area (Å²) in [5.74, 6) is 1.09. The standard InChI is InChI=1S/C13H12FN3OS/c1-7-3-11-10(4-9(7)14)16-13(19)17(11)6-12-15-5-8(2)18-12/h3-5H,6H2,1-2H3,(H,16,19). The van der Waals surface area contributed by atoms with Gasteiger partial charge in [-0.3, -0.25) is 0 Å². The quantitative estimate of drug-likeness (QED) is 0.729. The van der Waals surface area contributed by atoms with E-state index in [0.29, 0.717) is 28.3 Å². The minimum absolute atomic E-state index is 0.247. The maximum atomic E-state index is 13.5. The van der Waals surface area contributed by atoms with Gasteiger partial charge in [0.1, 0.15) is 18.1 Å². The third-order valence-electron chi connectivity index (χ3n) is 3.02. The molecule has 0 aliphatic carbocycles. The molecule has 2 heterocycles. The topological polar surface area (TPSA) is 46.8 Å². The predicted molar refractivity (Wildman–Crippen MR) is 72.2 cm³/mol. The molecule has 0 saturated carbocycles. The number of nitrogens with one attached hydrogen (secondary N) is 1. The number of hydrogen-bond donors (Lipinski definition) is 1. The van der Waals surface area contributed by atoms with Gasteiger partial charge in [0.25, 0.3) is 0 Å². The smallest absolute Gasteiger partial charge is 0.214 e. The summed E-state index contributed by atoms with van der Waals surface area (Å²) in [5.41, 5.74) is 2.11. The van der Waals surface area contributed by atoms with Crippen molar-refractivity contribution in [2.75, 3.05) is 0 Å². The Balaban J connectivity index is 2.15. The lowest BCUT2D eigenvalue weighted by atomic mass is 10.2. The van der Waals surface area contributed by atoms with Gasteiger partial charge in [0.15, 0.2) is 4.77 Å². The van der Waals surface area contributed by atoms with Crippen LogP contribution in [0, 0.1) is 24.4 Å². The molecule has 3 aromatic rings. The van der Waals surface area contributed by atoms with Crippen LogP contribution in [-0.4, -0.2) is 14.5 Å². The molecular formula is C13H12FN3OS. The van der Waals surface area contributed by atoms with Gasteiger partial charge >= 0.3 is 0 Å². The van der Waals surface area contributed by atoms with Crippen molar-refractivity contribution in [3.63, 3.8) is 0 Å². The number of H-pyrrole nitrogens is 1. The van der Waals surface area contributed by atoms with Gasteiger partial charge in [-0.1, -0.05) is 0 Å². The summed E-state index contributed by atoms with van der Waals surface area (Å²) in [6.45, 7) is 3.99. The molecule has 0 saturated heterocycles. The van der Waals surface area contributed by atoms with E-state index < -0.39 is 0 Å². The highest BCUT2D eigenvalue weighted by Gasteiger charge is 2.10. The number of oxazole rings is 1. The van der Waals surface area contributed by atoms with Crippen molar-refractivity contribution in [2.24, 2.45) is 0 Å². The largest absolute Gasteiger partial charge is 0.444 e. The molecule has 0 aliphatic heterocycles. The van der Waals surface area contributed by atoms with Crippen molar-refractivity contribution in [3.05, 3.63) is 46.1 Å². The molecule has 98 valence electrons. The molecule has 0 fully saturated rings. The molecule has 0 aliphatic rings. The van der Waals surface area contributed by atoms with Crippen molar-refractivity contribution in [3.8, 4) is 0 Å². The molecule has 4 nitrogen and oxygen atoms in total. The number of nitrogens with zero attached hydrogens (tertiary/aromatic N) is 2. The molecule has 0 atom stereocenters. The summed E-state index contributed by atoms with van der Waals surface area (Å²) >= 11 is 5.26. The van der Waals surface area contributed by atoms with Gasteiger partial charge in [-0.2, -0.15) is 0 Å². The molecule has 1 aromatic carbocycles. The molecule has 6 heteroatoms. The molecule has 0 amide bonds. The molecule has 0 unspecified atom stereocenters. The summed E-state index contributed by atoms with van der Waals surface area (Å²) in [6, 6.07) is 3.23. The second-order valence-corrected chi connectivity index (χ2v) is 4.89. The van der Waals surface area contributed by atoms with Gasteiger partial charge in [0.2, 0.25) is 5.89 Å². The number of imidazole rings is 1. The average molecular weight is 277 g/mol. The van der Waals surface area contributed by atoms with E-state index in [1.165, 1.54) is 6.07 Å². The Kier molecular flexibility index (Phi) is 2.74. The van der Waals surface area contributed by atoms with Crippen molar-refractivity contribution < 1.29 is 8.81 Å². The van der Waals surface area contributed by atoms with Crippen LogP contribution in [0.15, 0.2) is 22.7 Å². The number of aromatic amines is 1. The number of benzene rings is 1. The van der Waals surface area contributed by atoms with E-state index in [4.69, 9.17) is 16.6 Å². The third-order valence-corrected chi connectivity index (χ3v) is 3.34. The van der Waals surface area contributed by atoms with Crippen LogP contribution in [0.5, 0.6) is 0 Å². The van der Waals surface area contributed by atoms with E-state index >= 15 is 0 Å². The van der Waals surface area contributed by atoms with Gasteiger partial charge in [-0.05, 0) is 43.8 Å². The number of hydrogen-bond acceptors (Lipinski definition) is 3. The number of aromatic nitrogens is 3. The zero-order chi connectivity index (χ0) is 13.6. The minimum Gasteiger partial charge on any atom is -0.444 e. The fraction of sp³-hybridized carbons (Fsp3) is 0.231. The Bertz CT molecular complexity index is 815. The van der Waals surface area contributed by atoms with Crippen LogP contribution in [0.1, 0.15) is 17.2 Å². The fourth-order valence-corrected chi connectivity index (χ4v) is 2.32. The summed E-state index contributed by atoms with van der Waals surface area (Å²) in [7, 11) is 0. The van der Waals surface area contributed by atoms with E-state index in [-0.39, 0.29) is 5.82 Å². The highest BCUT2D eigenvalue weighted by atomic mass is 32.1. The Labute approximate surface area is 113 Å². The van der Waals surface area contributed by atoms with Crippen LogP contribution < -0.4 is 0 Å². The zero-order valence-corrected chi connectivity index (χ0v) is 11.3. The Morgan fingerprint density at radius 1 is 1.42 bits per heavy atom. The number of rotatable bonds is 2. The van der Waals surface area contributed by atoms with Crippen molar-refractivity contribution in [1.82, 2.24) is 14.5 Å². The Morgan fingerprint density at radius 2 is 2.21 bits per heavy atom. The summed E-state index contributed by atoms with van der Waals surface area (Å²) in [5, 5.41) is 0. The molecule has 0 radical (unpaired) electrons. The van der Waals surface area contributed by atoms with Crippen molar-refractivity contribution >= 4 is 23.3 Å². The van der Waals surface area contributed by atoms with E-state index in [1.54, 1.807) is 19.2 Å². The first kappa shape index (κ1) is 12.1. The molecule has 3 rings (SSSR count). The Morgan fingerprint density at radius 3 is 2.89 bits per heavy atom. The SMILES string of the molecule is Cc1cnc(Cn2c(=S)[nH]c3cc(F)c(C)cc32)o1. The molecule has 19 heavy (non-hydrogen) atoms. The first-order chi connectivity index (χ1) is 9.04. The minimum atomic E-state index is -0.247. The van der Waals surface area contributed by atoms with Crippen LogP contribution in [0.2, 0.25) is 0 Å². The lowest BCUT2D eigenvalue weighted by Gasteiger charge is -2.02. The normalized spacial score (nSPS) is 11.3. The van der Waals surface area contributed by atoms with Gasteiger partial charge in [-0.25, -0.2) is 9.37 Å². The third kappa shape index (κ3) is 2.08. The summed E-state index contributed by atoms with van der Waals surface area (Å²) < 4.78 is 21.3. The molecule has 1 N–H and O–H groups in total. The monoisotopic (exact) mass is 277 g/mol. The van der Waals surface area contributed by atoms with Gasteiger partial charge in [-0.15, -0.1) is 0 Å². The van der Waals surface area contributed by atoms with E-state index in [2.05, 4.69) is 9.97 Å². The fourth-order valence-electron chi connectivity index (χ4n) is 2.05. The molecular weight excluding hydrogens is 265 g/mol. The average Bonchev–Trinajstić information content (AvgIpc) is 2.87. The highest BCUT2D eigenvalue weighted by Crippen LogP contribution is 2.20. The lowest BCUT2D eigenvalue weighted by molar-refractivity contribution is 0.459. The van der Waals surface area contributed by atoms with Crippen LogP contribution in [0.3, 0.4) is 0 Å². The summed E-state index contributed by atoms with van der Waals surface area (Å²) in [6.07, 6.45) is 1.67. The maximum absolute atomic E-state index is 13.5. The number of halogens is 1. The van der Waals surface area contributed by atoms with Gasteiger partial charge in [0.05, 0.1) is 17.2 Å². The van der Waals surface area contributed by atoms with Crippen LogP contribution in [0.25, 0.3) is 11.0 Å². The van der Waals surface area contributed by atoms with Crippen LogP contribution in [0.4, 0.5) is 4.39 Å². The van der Waals surface area contributed by atoms with Crippen LogP contribution in [-0.2, 0) is 6.54 Å². The van der Waals surface area contributed by atoms with Gasteiger partial charge in [0, 0.05) is 0 Å². The van der Waals surface area contributed by atoms with Crippen molar-refractivity contribution in [1.29, 1.82) is 0 Å². The second-order valence-electron chi connectivity index (χ2n) is 4.50. The first-order valence-corrected chi connectivity index (χ1v) is 6.25.